The van der Waals surface area contributed by atoms with E-state index in [4.69, 9.17) is 4.74 Å². The van der Waals surface area contributed by atoms with Crippen molar-refractivity contribution in [3.05, 3.63) is 0 Å². The Hall–Kier alpha value is -0.410. The highest BCUT2D eigenvalue weighted by Crippen LogP contribution is 1.89. The van der Waals surface area contributed by atoms with Crippen molar-refractivity contribution in [2.24, 2.45) is 0 Å². The van der Waals surface area contributed by atoms with Crippen LogP contribution in [0.15, 0.2) is 0 Å². The Morgan fingerprint density at radius 3 is 2.58 bits per heavy atom. The fraction of sp³-hybridized carbons (Fsp3) is 0.889. The maximum Gasteiger partial charge on any atom is 0.121 e. The zero-order valence-electron chi connectivity index (χ0n) is 8.25. The summed E-state index contributed by atoms with van der Waals surface area (Å²) in [4.78, 5) is 12.1. The van der Waals surface area contributed by atoms with Crippen LogP contribution in [0.2, 0.25) is 0 Å². The molecule has 0 rings (SSSR count). The third kappa shape index (κ3) is 7.69. The molecule has 0 spiro atoms. The number of carbonyl (C=O) groups is 1. The van der Waals surface area contributed by atoms with Crippen LogP contribution in [-0.2, 0) is 9.53 Å². The molecule has 0 atom stereocenters. The quantitative estimate of drug-likeness (QED) is 0.536. The first kappa shape index (κ1) is 11.6. The Bertz CT molecular complexity index is 115. The molecule has 0 bridgehead atoms. The van der Waals surface area contributed by atoms with E-state index in [-0.39, 0.29) is 0 Å². The van der Waals surface area contributed by atoms with Crippen molar-refractivity contribution in [1.82, 2.24) is 4.90 Å². The number of nitrogens with zero attached hydrogens (tertiary/aromatic N) is 1. The number of carbonyl (C=O) groups excluding carboxylic acids is 1. The lowest BCUT2D eigenvalue weighted by molar-refractivity contribution is -0.108. The zero-order valence-corrected chi connectivity index (χ0v) is 8.25. The first-order chi connectivity index (χ1) is 5.66. The van der Waals surface area contributed by atoms with E-state index in [1.807, 2.05) is 20.9 Å². The summed E-state index contributed by atoms with van der Waals surface area (Å²) in [6, 6.07) is 0. The average molecular weight is 173 g/mol. The van der Waals surface area contributed by atoms with E-state index in [1.54, 1.807) is 0 Å². The van der Waals surface area contributed by atoms with Crippen LogP contribution in [0.3, 0.4) is 0 Å². The van der Waals surface area contributed by atoms with Gasteiger partial charge in [-0.15, -0.1) is 0 Å². The van der Waals surface area contributed by atoms with Gasteiger partial charge in [-0.05, 0) is 20.9 Å². The second-order valence-electron chi connectivity index (χ2n) is 3.18. The van der Waals surface area contributed by atoms with Gasteiger partial charge in [-0.1, -0.05) is 0 Å². The summed E-state index contributed by atoms with van der Waals surface area (Å²) in [6.07, 6.45) is 1.85. The summed E-state index contributed by atoms with van der Waals surface area (Å²) < 4.78 is 5.36. The van der Waals surface area contributed by atoms with Gasteiger partial charge in [0.25, 0.3) is 0 Å². The highest BCUT2D eigenvalue weighted by Gasteiger charge is 1.98. The largest absolute Gasteiger partial charge is 0.377 e. The third-order valence-electron chi connectivity index (χ3n) is 1.55. The summed E-state index contributed by atoms with van der Waals surface area (Å²) in [6.45, 7) is 6.50. The first-order valence-electron chi connectivity index (χ1n) is 4.40. The molecule has 0 radical (unpaired) electrons. The number of ether oxygens (including phenoxy) is 1. The molecule has 0 aliphatic carbocycles. The van der Waals surface area contributed by atoms with E-state index in [2.05, 4.69) is 4.90 Å². The Balaban J connectivity index is 3.18. The van der Waals surface area contributed by atoms with Gasteiger partial charge in [0.15, 0.2) is 0 Å². The lowest BCUT2D eigenvalue weighted by atomic mass is 10.4. The first-order valence-corrected chi connectivity index (χ1v) is 4.40. The SMILES string of the molecule is CC(C)OCCN(C)CCC=O. The molecule has 0 amide bonds. The van der Waals surface area contributed by atoms with Crippen molar-refractivity contribution >= 4 is 6.29 Å². The molecule has 0 saturated heterocycles. The maximum absolute atomic E-state index is 10.0. The lowest BCUT2D eigenvalue weighted by Gasteiger charge is -2.15. The highest BCUT2D eigenvalue weighted by atomic mass is 16.5. The molecule has 3 nitrogen and oxygen atoms in total. The van der Waals surface area contributed by atoms with Gasteiger partial charge in [0.05, 0.1) is 12.7 Å². The Morgan fingerprint density at radius 1 is 1.42 bits per heavy atom. The minimum Gasteiger partial charge on any atom is -0.377 e. The van der Waals surface area contributed by atoms with Crippen molar-refractivity contribution in [2.75, 3.05) is 26.7 Å². The standard InChI is InChI=1S/C9H19NO2/c1-9(2)12-8-6-10(3)5-4-7-11/h7,9H,4-6,8H2,1-3H3. The average Bonchev–Trinajstić information content (AvgIpc) is 2.00. The van der Waals surface area contributed by atoms with Gasteiger partial charge in [0.2, 0.25) is 0 Å². The van der Waals surface area contributed by atoms with Crippen molar-refractivity contribution in [2.45, 2.75) is 26.4 Å². The number of likely N-dealkylation sites (N-methyl/N-ethyl adjacent to an activating group) is 1. The minimum absolute atomic E-state index is 0.296. The molecule has 0 fully saturated rings. The van der Waals surface area contributed by atoms with Crippen LogP contribution in [0.25, 0.3) is 0 Å². The number of rotatable bonds is 7. The molecule has 12 heavy (non-hydrogen) atoms. The van der Waals surface area contributed by atoms with Gasteiger partial charge >= 0.3 is 0 Å². The molecule has 3 heteroatoms. The zero-order chi connectivity index (χ0) is 9.40. The predicted octanol–water partition coefficient (Wildman–Crippen LogP) is 0.932. The molecule has 0 aromatic rings. The Morgan fingerprint density at radius 2 is 2.08 bits per heavy atom. The molecule has 0 saturated carbocycles. The van der Waals surface area contributed by atoms with Gasteiger partial charge in [-0.25, -0.2) is 0 Å². The van der Waals surface area contributed by atoms with Crippen LogP contribution in [0.1, 0.15) is 20.3 Å². The van der Waals surface area contributed by atoms with Gasteiger partial charge < -0.3 is 14.4 Å². The minimum atomic E-state index is 0.296. The molecule has 0 N–H and O–H groups in total. The molecule has 0 aliphatic heterocycles. The molecule has 0 unspecified atom stereocenters. The summed E-state index contributed by atoms with van der Waals surface area (Å²) >= 11 is 0. The molecular weight excluding hydrogens is 154 g/mol. The Labute approximate surface area is 74.7 Å². The van der Waals surface area contributed by atoms with E-state index in [9.17, 15) is 4.79 Å². The van der Waals surface area contributed by atoms with Gasteiger partial charge in [0.1, 0.15) is 6.29 Å². The monoisotopic (exact) mass is 173 g/mol. The summed E-state index contributed by atoms with van der Waals surface area (Å²) in [5.41, 5.74) is 0. The molecular formula is C9H19NO2. The second kappa shape index (κ2) is 7.25. The van der Waals surface area contributed by atoms with Crippen molar-refractivity contribution < 1.29 is 9.53 Å². The van der Waals surface area contributed by atoms with E-state index in [1.165, 1.54) is 0 Å². The summed E-state index contributed by atoms with van der Waals surface area (Å²) in [7, 11) is 1.99. The van der Waals surface area contributed by atoms with Crippen LogP contribution < -0.4 is 0 Å². The highest BCUT2D eigenvalue weighted by molar-refractivity contribution is 5.49. The van der Waals surface area contributed by atoms with Crippen molar-refractivity contribution in [3.8, 4) is 0 Å². The van der Waals surface area contributed by atoms with Crippen molar-refractivity contribution in [3.63, 3.8) is 0 Å². The van der Waals surface area contributed by atoms with Crippen LogP contribution in [0.4, 0.5) is 0 Å². The van der Waals surface area contributed by atoms with Gasteiger partial charge in [0, 0.05) is 19.5 Å². The fourth-order valence-electron chi connectivity index (χ4n) is 0.829. The van der Waals surface area contributed by atoms with E-state index in [0.29, 0.717) is 12.5 Å². The molecule has 72 valence electrons. The topological polar surface area (TPSA) is 29.5 Å². The van der Waals surface area contributed by atoms with Crippen molar-refractivity contribution in [1.29, 1.82) is 0 Å². The van der Waals surface area contributed by atoms with Gasteiger partial charge in [-0.2, -0.15) is 0 Å². The van der Waals surface area contributed by atoms with Crippen LogP contribution in [0.5, 0.6) is 0 Å². The third-order valence-corrected chi connectivity index (χ3v) is 1.55. The predicted molar refractivity (Wildman–Crippen MR) is 49.3 cm³/mol. The number of aldehydes is 1. The number of hydrogen-bond donors (Lipinski definition) is 0. The van der Waals surface area contributed by atoms with Gasteiger partial charge in [-0.3, -0.25) is 0 Å². The molecule has 0 aromatic heterocycles. The Kier molecular flexibility index (Phi) is 7.00. The van der Waals surface area contributed by atoms with E-state index in [0.717, 1.165) is 26.0 Å². The molecule has 0 aliphatic rings. The van der Waals surface area contributed by atoms with E-state index < -0.39 is 0 Å². The number of hydrogen-bond acceptors (Lipinski definition) is 3. The smallest absolute Gasteiger partial charge is 0.121 e. The lowest BCUT2D eigenvalue weighted by Crippen LogP contribution is -2.25. The van der Waals surface area contributed by atoms with E-state index >= 15 is 0 Å². The summed E-state index contributed by atoms with van der Waals surface area (Å²) in [5.74, 6) is 0. The maximum atomic E-state index is 10.0. The summed E-state index contributed by atoms with van der Waals surface area (Å²) in [5, 5.41) is 0. The van der Waals surface area contributed by atoms with Crippen LogP contribution >= 0.6 is 0 Å². The molecule has 0 aromatic carbocycles. The normalized spacial score (nSPS) is 11.1. The molecule has 0 heterocycles. The van der Waals surface area contributed by atoms with Crippen LogP contribution in [0, 0.1) is 0 Å². The second-order valence-corrected chi connectivity index (χ2v) is 3.18. The fourth-order valence-corrected chi connectivity index (χ4v) is 0.829. The van der Waals surface area contributed by atoms with Crippen LogP contribution in [-0.4, -0.2) is 44.0 Å².